The fraction of sp³-hybridized carbons (Fsp3) is 0.188. The summed E-state index contributed by atoms with van der Waals surface area (Å²) < 4.78 is 43.9. The molecule has 2 aromatic carbocycles. The van der Waals surface area contributed by atoms with E-state index in [1.807, 2.05) is 0 Å². The molecule has 0 atom stereocenters. The van der Waals surface area contributed by atoms with Crippen molar-refractivity contribution in [1.29, 1.82) is 0 Å². The predicted molar refractivity (Wildman–Crippen MR) is 75.1 cm³/mol. The Kier molecular flexibility index (Phi) is 4.12. The molecule has 3 nitrogen and oxygen atoms in total. The number of carboxylic acid groups (broad SMARTS) is 1. The molecule has 2 aromatic rings. The van der Waals surface area contributed by atoms with E-state index in [4.69, 9.17) is 4.74 Å². The number of ether oxygens (including phenoxy) is 1. The Labute approximate surface area is 125 Å². The van der Waals surface area contributed by atoms with Crippen molar-refractivity contribution in [3.8, 4) is 16.9 Å². The van der Waals surface area contributed by atoms with Gasteiger partial charge in [0.25, 0.3) is 0 Å². The van der Waals surface area contributed by atoms with Crippen LogP contribution in [0.5, 0.6) is 5.75 Å². The molecule has 0 aliphatic carbocycles. The van der Waals surface area contributed by atoms with Crippen molar-refractivity contribution in [3.63, 3.8) is 0 Å². The standard InChI is InChI=1S/C16H13F3O3/c1-9-4-3-5-11(14(9)15(20)21)10-6-7-13(22-2)12(8-10)16(17,18)19/h3-8H,1-2H3,(H,20,21). The Morgan fingerprint density at radius 1 is 1.18 bits per heavy atom. The molecule has 0 aliphatic heterocycles. The monoisotopic (exact) mass is 310 g/mol. The van der Waals surface area contributed by atoms with E-state index < -0.39 is 17.7 Å². The predicted octanol–water partition coefficient (Wildman–Crippen LogP) is 4.39. The van der Waals surface area contributed by atoms with E-state index in [9.17, 15) is 23.1 Å². The summed E-state index contributed by atoms with van der Waals surface area (Å²) in [5.74, 6) is -1.49. The molecule has 0 amide bonds. The number of methoxy groups -OCH3 is 1. The number of aromatic carboxylic acids is 1. The van der Waals surface area contributed by atoms with Gasteiger partial charge in [-0.2, -0.15) is 13.2 Å². The van der Waals surface area contributed by atoms with Gasteiger partial charge in [-0.3, -0.25) is 0 Å². The van der Waals surface area contributed by atoms with E-state index in [2.05, 4.69) is 0 Å². The molecule has 6 heteroatoms. The van der Waals surface area contributed by atoms with Gasteiger partial charge in [-0.1, -0.05) is 24.3 Å². The number of hydrogen-bond donors (Lipinski definition) is 1. The first kappa shape index (κ1) is 15.9. The molecule has 0 saturated heterocycles. The number of benzene rings is 2. The first-order valence-corrected chi connectivity index (χ1v) is 6.34. The molecule has 116 valence electrons. The quantitative estimate of drug-likeness (QED) is 0.914. The highest BCUT2D eigenvalue weighted by atomic mass is 19.4. The summed E-state index contributed by atoms with van der Waals surface area (Å²) in [6.07, 6.45) is -4.59. The Hall–Kier alpha value is -2.50. The third-order valence-electron chi connectivity index (χ3n) is 3.30. The van der Waals surface area contributed by atoms with Crippen molar-refractivity contribution in [1.82, 2.24) is 0 Å². The molecule has 22 heavy (non-hydrogen) atoms. The van der Waals surface area contributed by atoms with E-state index in [1.54, 1.807) is 19.1 Å². The van der Waals surface area contributed by atoms with Crippen molar-refractivity contribution < 1.29 is 27.8 Å². The van der Waals surface area contributed by atoms with Crippen LogP contribution in [0.2, 0.25) is 0 Å². The lowest BCUT2D eigenvalue weighted by Gasteiger charge is -2.15. The second-order valence-electron chi connectivity index (χ2n) is 4.72. The molecule has 0 unspecified atom stereocenters. The van der Waals surface area contributed by atoms with Crippen LogP contribution < -0.4 is 4.74 Å². The minimum atomic E-state index is -4.59. The lowest BCUT2D eigenvalue weighted by atomic mass is 9.94. The summed E-state index contributed by atoms with van der Waals surface area (Å²) in [6.45, 7) is 1.60. The number of alkyl halides is 3. The van der Waals surface area contributed by atoms with Gasteiger partial charge in [-0.25, -0.2) is 4.79 Å². The highest BCUT2D eigenvalue weighted by Gasteiger charge is 2.34. The number of carbonyl (C=O) groups is 1. The summed E-state index contributed by atoms with van der Waals surface area (Å²) in [4.78, 5) is 11.4. The fourth-order valence-electron chi connectivity index (χ4n) is 2.29. The summed E-state index contributed by atoms with van der Waals surface area (Å²) in [5.41, 5.74) is -0.0598. The van der Waals surface area contributed by atoms with Crippen LogP contribution in [0.1, 0.15) is 21.5 Å². The molecule has 1 N–H and O–H groups in total. The molecule has 0 aromatic heterocycles. The maximum Gasteiger partial charge on any atom is 0.419 e. The highest BCUT2D eigenvalue weighted by molar-refractivity contribution is 5.97. The molecular formula is C16H13F3O3. The Morgan fingerprint density at radius 3 is 2.41 bits per heavy atom. The summed E-state index contributed by atoms with van der Waals surface area (Å²) in [6, 6.07) is 8.19. The van der Waals surface area contributed by atoms with Gasteiger partial charge in [0.05, 0.1) is 18.2 Å². The van der Waals surface area contributed by atoms with Crippen molar-refractivity contribution >= 4 is 5.97 Å². The summed E-state index contributed by atoms with van der Waals surface area (Å²) in [7, 11) is 1.15. The second-order valence-corrected chi connectivity index (χ2v) is 4.72. The van der Waals surface area contributed by atoms with Gasteiger partial charge in [0.2, 0.25) is 0 Å². The number of carboxylic acids is 1. The summed E-state index contributed by atoms with van der Waals surface area (Å²) >= 11 is 0. The molecule has 0 fully saturated rings. The van der Waals surface area contributed by atoms with Crippen LogP contribution in [0.4, 0.5) is 13.2 Å². The van der Waals surface area contributed by atoms with Crippen LogP contribution in [0.25, 0.3) is 11.1 Å². The van der Waals surface area contributed by atoms with Crippen LogP contribution in [-0.2, 0) is 6.18 Å². The van der Waals surface area contributed by atoms with Crippen molar-refractivity contribution in [3.05, 3.63) is 53.1 Å². The average molecular weight is 310 g/mol. The van der Waals surface area contributed by atoms with E-state index in [0.717, 1.165) is 13.2 Å². The SMILES string of the molecule is COc1ccc(-c2cccc(C)c2C(=O)O)cc1C(F)(F)F. The van der Waals surface area contributed by atoms with Crippen LogP contribution in [0.3, 0.4) is 0 Å². The average Bonchev–Trinajstić information content (AvgIpc) is 2.45. The van der Waals surface area contributed by atoms with Gasteiger partial charge in [0.1, 0.15) is 5.75 Å². The van der Waals surface area contributed by atoms with Crippen LogP contribution in [0.15, 0.2) is 36.4 Å². The maximum absolute atomic E-state index is 13.1. The molecule has 0 heterocycles. The minimum Gasteiger partial charge on any atom is -0.496 e. The maximum atomic E-state index is 13.1. The minimum absolute atomic E-state index is 0.0132. The molecule has 0 spiro atoms. The molecule has 0 saturated carbocycles. The fourth-order valence-corrected chi connectivity index (χ4v) is 2.29. The second kappa shape index (κ2) is 5.71. The van der Waals surface area contributed by atoms with Gasteiger partial charge in [-0.05, 0) is 35.7 Å². The lowest BCUT2D eigenvalue weighted by Crippen LogP contribution is -2.08. The smallest absolute Gasteiger partial charge is 0.419 e. The molecule has 0 radical (unpaired) electrons. The van der Waals surface area contributed by atoms with Crippen molar-refractivity contribution in [2.24, 2.45) is 0 Å². The molecule has 0 aliphatic rings. The number of halogens is 3. The largest absolute Gasteiger partial charge is 0.496 e. The van der Waals surface area contributed by atoms with E-state index >= 15 is 0 Å². The van der Waals surface area contributed by atoms with Gasteiger partial charge in [0.15, 0.2) is 0 Å². The zero-order valence-corrected chi connectivity index (χ0v) is 11.9. The first-order chi connectivity index (χ1) is 10.3. The zero-order valence-electron chi connectivity index (χ0n) is 11.9. The van der Waals surface area contributed by atoms with Gasteiger partial charge < -0.3 is 9.84 Å². The third-order valence-corrected chi connectivity index (χ3v) is 3.30. The van der Waals surface area contributed by atoms with Gasteiger partial charge in [0, 0.05) is 0 Å². The topological polar surface area (TPSA) is 46.5 Å². The van der Waals surface area contributed by atoms with E-state index in [1.165, 1.54) is 18.2 Å². The van der Waals surface area contributed by atoms with Gasteiger partial charge in [-0.15, -0.1) is 0 Å². The highest BCUT2D eigenvalue weighted by Crippen LogP contribution is 2.39. The molecule has 2 rings (SSSR count). The van der Waals surface area contributed by atoms with Crippen LogP contribution in [-0.4, -0.2) is 18.2 Å². The molecular weight excluding hydrogens is 297 g/mol. The van der Waals surface area contributed by atoms with E-state index in [-0.39, 0.29) is 22.4 Å². The number of aryl methyl sites for hydroxylation is 1. The lowest BCUT2D eigenvalue weighted by molar-refractivity contribution is -0.138. The Balaban J connectivity index is 2.70. The van der Waals surface area contributed by atoms with E-state index in [0.29, 0.717) is 5.56 Å². The van der Waals surface area contributed by atoms with Crippen molar-refractivity contribution in [2.75, 3.05) is 7.11 Å². The zero-order chi connectivity index (χ0) is 16.5. The number of rotatable bonds is 3. The van der Waals surface area contributed by atoms with Gasteiger partial charge >= 0.3 is 12.1 Å². The van der Waals surface area contributed by atoms with Crippen molar-refractivity contribution in [2.45, 2.75) is 13.1 Å². The first-order valence-electron chi connectivity index (χ1n) is 6.34. The molecule has 0 bridgehead atoms. The van der Waals surface area contributed by atoms with Crippen LogP contribution >= 0.6 is 0 Å². The Bertz CT molecular complexity index is 721. The third kappa shape index (κ3) is 2.90. The normalized spacial score (nSPS) is 11.3. The van der Waals surface area contributed by atoms with Crippen LogP contribution in [0, 0.1) is 6.92 Å². The Morgan fingerprint density at radius 2 is 1.86 bits per heavy atom. The summed E-state index contributed by atoms with van der Waals surface area (Å²) in [5, 5.41) is 9.29. The number of hydrogen-bond acceptors (Lipinski definition) is 2.